The molecule has 0 spiro atoms. The minimum atomic E-state index is 0.483. The van der Waals surface area contributed by atoms with E-state index in [2.05, 4.69) is 37.3 Å². The maximum atomic E-state index is 5.77. The highest BCUT2D eigenvalue weighted by molar-refractivity contribution is 6.27. The molecule has 0 aliphatic heterocycles. The summed E-state index contributed by atoms with van der Waals surface area (Å²) < 4.78 is 5.77. The van der Waals surface area contributed by atoms with Crippen LogP contribution in [0.4, 0.5) is 0 Å². The largest absolute Gasteiger partial charge is 0.540 e. The van der Waals surface area contributed by atoms with E-state index in [0.29, 0.717) is 9.76 Å². The van der Waals surface area contributed by atoms with E-state index >= 15 is 0 Å². The molecule has 0 atom stereocenters. The fourth-order valence-corrected chi connectivity index (χ4v) is 2.32. The van der Waals surface area contributed by atoms with Gasteiger partial charge in [0.2, 0.25) is 0 Å². The third-order valence-electron chi connectivity index (χ3n) is 2.39. The minimum Gasteiger partial charge on any atom is -0.540 e. The molecule has 0 saturated heterocycles. The van der Waals surface area contributed by atoms with Gasteiger partial charge in [0, 0.05) is 6.04 Å². The molecule has 16 heavy (non-hydrogen) atoms. The van der Waals surface area contributed by atoms with Crippen molar-refractivity contribution < 1.29 is 4.43 Å². The van der Waals surface area contributed by atoms with Crippen LogP contribution in [0, 0.1) is 6.92 Å². The quantitative estimate of drug-likeness (QED) is 0.727. The molecule has 0 aromatic heterocycles. The molecule has 0 heterocycles. The summed E-state index contributed by atoms with van der Waals surface area (Å²) in [6.45, 7) is 2.07. The Morgan fingerprint density at radius 3 is 2.38 bits per heavy atom. The second kappa shape index (κ2) is 5.52. The Bertz CT molecular complexity index is 439. The van der Waals surface area contributed by atoms with Crippen LogP contribution >= 0.6 is 0 Å². The minimum absolute atomic E-state index is 0.483. The molecule has 0 N–H and O–H groups in total. The highest BCUT2D eigenvalue weighted by atomic mass is 28.2. The first-order valence-corrected chi connectivity index (χ1v) is 6.47. The Balaban J connectivity index is 1.87. The summed E-state index contributed by atoms with van der Waals surface area (Å²) in [5, 5.41) is 0. The zero-order chi connectivity index (χ0) is 11.2. The van der Waals surface area contributed by atoms with Crippen LogP contribution in [0.2, 0.25) is 0 Å². The van der Waals surface area contributed by atoms with E-state index in [1.807, 2.05) is 24.3 Å². The Kier molecular flexibility index (Phi) is 3.78. The summed E-state index contributed by atoms with van der Waals surface area (Å²) in [5.41, 5.74) is 2.53. The Labute approximate surface area is 99.0 Å². The van der Waals surface area contributed by atoms with Crippen molar-refractivity contribution in [2.45, 2.75) is 13.0 Å². The van der Waals surface area contributed by atoms with Gasteiger partial charge in [0.15, 0.2) is 0 Å². The third-order valence-corrected chi connectivity index (χ3v) is 3.31. The standard InChI is InChI=1S/C14H14OSi/c1-12-7-5-6-10-14(12)15-16-11-13-8-3-2-4-9-13/h2-10H,11H2,1H3. The molecule has 2 rings (SSSR count). The normalized spacial score (nSPS) is 10.1. The maximum absolute atomic E-state index is 5.77. The van der Waals surface area contributed by atoms with Gasteiger partial charge in [0.05, 0.1) is 0 Å². The highest BCUT2D eigenvalue weighted by Crippen LogP contribution is 2.15. The average Bonchev–Trinajstić information content (AvgIpc) is 2.33. The first-order chi connectivity index (χ1) is 7.86. The molecule has 0 aliphatic rings. The second-order valence-electron chi connectivity index (χ2n) is 3.67. The molecule has 2 heteroatoms. The molecule has 0 aliphatic carbocycles. The molecule has 0 amide bonds. The zero-order valence-electron chi connectivity index (χ0n) is 9.31. The monoisotopic (exact) mass is 226 g/mol. The molecule has 0 fully saturated rings. The highest BCUT2D eigenvalue weighted by Gasteiger charge is 1.99. The molecule has 2 aromatic rings. The third kappa shape index (κ3) is 2.97. The average molecular weight is 226 g/mol. The van der Waals surface area contributed by atoms with Gasteiger partial charge < -0.3 is 4.43 Å². The van der Waals surface area contributed by atoms with Crippen molar-refractivity contribution in [1.29, 1.82) is 0 Å². The van der Waals surface area contributed by atoms with Gasteiger partial charge in [-0.2, -0.15) is 0 Å². The molecule has 0 unspecified atom stereocenters. The van der Waals surface area contributed by atoms with Crippen molar-refractivity contribution in [3.63, 3.8) is 0 Å². The van der Waals surface area contributed by atoms with E-state index in [-0.39, 0.29) is 0 Å². The summed E-state index contributed by atoms with van der Waals surface area (Å²) >= 11 is 0. The maximum Gasteiger partial charge on any atom is 0.315 e. The van der Waals surface area contributed by atoms with Gasteiger partial charge in [-0.1, -0.05) is 48.5 Å². The Morgan fingerprint density at radius 1 is 0.938 bits per heavy atom. The van der Waals surface area contributed by atoms with Crippen molar-refractivity contribution in [2.75, 3.05) is 0 Å². The first kappa shape index (κ1) is 11.0. The zero-order valence-corrected chi connectivity index (χ0v) is 10.3. The molecule has 2 radical (unpaired) electrons. The molecule has 80 valence electrons. The van der Waals surface area contributed by atoms with Gasteiger partial charge in [0.1, 0.15) is 5.75 Å². The fourth-order valence-electron chi connectivity index (χ4n) is 1.46. The number of rotatable bonds is 4. The molecular weight excluding hydrogens is 212 g/mol. The van der Waals surface area contributed by atoms with Gasteiger partial charge in [-0.25, -0.2) is 0 Å². The van der Waals surface area contributed by atoms with Crippen molar-refractivity contribution >= 4 is 9.76 Å². The predicted molar refractivity (Wildman–Crippen MR) is 67.7 cm³/mol. The van der Waals surface area contributed by atoms with Gasteiger partial charge in [-0.05, 0) is 24.1 Å². The lowest BCUT2D eigenvalue weighted by molar-refractivity contribution is 0.587. The second-order valence-corrected chi connectivity index (χ2v) is 4.52. The van der Waals surface area contributed by atoms with Crippen molar-refractivity contribution in [2.24, 2.45) is 0 Å². The number of hydrogen-bond acceptors (Lipinski definition) is 1. The predicted octanol–water partition coefficient (Wildman–Crippen LogP) is 3.19. The van der Waals surface area contributed by atoms with E-state index in [1.54, 1.807) is 0 Å². The van der Waals surface area contributed by atoms with Gasteiger partial charge >= 0.3 is 9.76 Å². The Morgan fingerprint density at radius 2 is 1.62 bits per heavy atom. The van der Waals surface area contributed by atoms with Crippen LogP contribution < -0.4 is 4.43 Å². The number of benzene rings is 2. The Hall–Kier alpha value is -1.54. The SMILES string of the molecule is Cc1ccccc1O[Si]Cc1ccccc1. The lowest BCUT2D eigenvalue weighted by atomic mass is 10.2. The smallest absolute Gasteiger partial charge is 0.315 e. The van der Waals surface area contributed by atoms with Crippen LogP contribution in [-0.4, -0.2) is 9.76 Å². The fraction of sp³-hybridized carbons (Fsp3) is 0.143. The lowest BCUT2D eigenvalue weighted by Gasteiger charge is -2.07. The van der Waals surface area contributed by atoms with E-state index in [1.165, 1.54) is 11.1 Å². The number of hydrogen-bond donors (Lipinski definition) is 0. The summed E-state index contributed by atoms with van der Waals surface area (Å²) in [4.78, 5) is 0. The molecule has 0 bridgehead atoms. The van der Waals surface area contributed by atoms with Gasteiger partial charge in [0.25, 0.3) is 0 Å². The molecule has 1 nitrogen and oxygen atoms in total. The topological polar surface area (TPSA) is 9.23 Å². The van der Waals surface area contributed by atoms with Crippen LogP contribution in [-0.2, 0) is 6.04 Å². The summed E-state index contributed by atoms with van der Waals surface area (Å²) in [6, 6.07) is 19.5. The van der Waals surface area contributed by atoms with E-state index in [0.717, 1.165) is 11.8 Å². The van der Waals surface area contributed by atoms with Crippen LogP contribution in [0.3, 0.4) is 0 Å². The number of para-hydroxylation sites is 1. The van der Waals surface area contributed by atoms with Crippen molar-refractivity contribution in [1.82, 2.24) is 0 Å². The van der Waals surface area contributed by atoms with Crippen molar-refractivity contribution in [3.8, 4) is 5.75 Å². The van der Waals surface area contributed by atoms with Crippen LogP contribution in [0.25, 0.3) is 0 Å². The lowest BCUT2D eigenvalue weighted by Crippen LogP contribution is -2.06. The molecule has 2 aromatic carbocycles. The molecule has 0 saturated carbocycles. The van der Waals surface area contributed by atoms with Gasteiger partial charge in [-0.3, -0.25) is 0 Å². The summed E-state index contributed by atoms with van der Waals surface area (Å²) in [6.07, 6.45) is 0. The van der Waals surface area contributed by atoms with E-state index in [9.17, 15) is 0 Å². The van der Waals surface area contributed by atoms with Crippen molar-refractivity contribution in [3.05, 3.63) is 65.7 Å². The molecular formula is C14H14OSi. The number of aryl methyl sites for hydroxylation is 1. The summed E-state index contributed by atoms with van der Waals surface area (Å²) in [7, 11) is 0.483. The van der Waals surface area contributed by atoms with Crippen LogP contribution in [0.1, 0.15) is 11.1 Å². The van der Waals surface area contributed by atoms with Crippen LogP contribution in [0.15, 0.2) is 54.6 Å². The van der Waals surface area contributed by atoms with Crippen LogP contribution in [0.5, 0.6) is 5.75 Å². The van der Waals surface area contributed by atoms with E-state index in [4.69, 9.17) is 4.43 Å². The van der Waals surface area contributed by atoms with Gasteiger partial charge in [-0.15, -0.1) is 0 Å². The van der Waals surface area contributed by atoms with E-state index < -0.39 is 0 Å². The summed E-state index contributed by atoms with van der Waals surface area (Å²) in [5.74, 6) is 0.997. The first-order valence-electron chi connectivity index (χ1n) is 5.35.